The van der Waals surface area contributed by atoms with Gasteiger partial charge in [-0.05, 0) is 61.4 Å². The normalized spacial score (nSPS) is 15.8. The van der Waals surface area contributed by atoms with Gasteiger partial charge in [0.1, 0.15) is 0 Å². The highest BCUT2D eigenvalue weighted by molar-refractivity contribution is 7.92. The third kappa shape index (κ3) is 3.34. The Bertz CT molecular complexity index is 1410. The van der Waals surface area contributed by atoms with Crippen molar-refractivity contribution in [3.63, 3.8) is 0 Å². The Morgan fingerprint density at radius 1 is 1.10 bits per heavy atom. The van der Waals surface area contributed by atoms with Gasteiger partial charge < -0.3 is 5.32 Å². The second-order valence-corrected chi connectivity index (χ2v) is 9.45. The molecule has 7 nitrogen and oxygen atoms in total. The maximum Gasteiger partial charge on any atom is 0.264 e. The molecule has 1 aromatic heterocycles. The number of sulfonamides is 1. The van der Waals surface area contributed by atoms with E-state index in [2.05, 4.69) is 15.5 Å². The molecule has 156 valence electrons. The predicted octanol–water partition coefficient (Wildman–Crippen LogP) is 3.96. The van der Waals surface area contributed by atoms with Crippen molar-refractivity contribution in [3.8, 4) is 0 Å². The lowest BCUT2D eigenvalue weighted by Crippen LogP contribution is -2.35. The Kier molecular flexibility index (Phi) is 4.51. The SMILES string of the molecule is C[C@H]1Cc2ccccc2N1S(=O)(=O)c1cccc(C(=O)Nc2ccc3cn[nH]c3c2)c1. The van der Waals surface area contributed by atoms with Gasteiger partial charge in [-0.2, -0.15) is 5.10 Å². The van der Waals surface area contributed by atoms with Gasteiger partial charge in [-0.1, -0.05) is 24.3 Å². The Morgan fingerprint density at radius 2 is 1.94 bits per heavy atom. The summed E-state index contributed by atoms with van der Waals surface area (Å²) in [6.07, 6.45) is 2.36. The number of hydrogen-bond acceptors (Lipinski definition) is 4. The monoisotopic (exact) mass is 432 g/mol. The molecule has 0 aliphatic carbocycles. The molecule has 1 aliphatic heterocycles. The fourth-order valence-corrected chi connectivity index (χ4v) is 5.77. The summed E-state index contributed by atoms with van der Waals surface area (Å²) in [5.41, 5.74) is 3.36. The third-order valence-corrected chi connectivity index (χ3v) is 7.42. The van der Waals surface area contributed by atoms with Crippen molar-refractivity contribution >= 4 is 38.2 Å². The molecule has 1 amide bonds. The van der Waals surface area contributed by atoms with Gasteiger partial charge >= 0.3 is 0 Å². The number of amides is 1. The van der Waals surface area contributed by atoms with Gasteiger partial charge in [-0.15, -0.1) is 0 Å². The summed E-state index contributed by atoms with van der Waals surface area (Å²) in [7, 11) is -3.81. The second kappa shape index (κ2) is 7.24. The fourth-order valence-electron chi connectivity index (χ4n) is 4.03. The number of nitrogens with one attached hydrogen (secondary N) is 2. The largest absolute Gasteiger partial charge is 0.322 e. The van der Waals surface area contributed by atoms with E-state index in [1.165, 1.54) is 16.4 Å². The van der Waals surface area contributed by atoms with Gasteiger partial charge in [-0.3, -0.25) is 14.2 Å². The quantitative estimate of drug-likeness (QED) is 0.510. The molecule has 0 fully saturated rings. The number of nitrogens with zero attached hydrogens (tertiary/aromatic N) is 2. The van der Waals surface area contributed by atoms with E-state index >= 15 is 0 Å². The molecule has 0 saturated heterocycles. The minimum Gasteiger partial charge on any atom is -0.322 e. The maximum atomic E-state index is 13.4. The van der Waals surface area contributed by atoms with Crippen LogP contribution in [-0.2, 0) is 16.4 Å². The standard InChI is InChI=1S/C23H20N4O3S/c1-15-11-16-5-2-3-8-22(16)27(15)31(29,30)20-7-4-6-17(12-20)23(28)25-19-10-9-18-14-24-26-21(18)13-19/h2-10,12-15H,11H2,1H3,(H,24,26)(H,25,28)/t15-/m0/s1. The number of para-hydroxylation sites is 1. The van der Waals surface area contributed by atoms with Crippen LogP contribution in [0.3, 0.4) is 0 Å². The van der Waals surface area contributed by atoms with E-state index < -0.39 is 10.0 Å². The Balaban J connectivity index is 1.45. The summed E-state index contributed by atoms with van der Waals surface area (Å²) in [5, 5.41) is 10.6. The molecule has 4 aromatic rings. The van der Waals surface area contributed by atoms with Crippen LogP contribution in [0.5, 0.6) is 0 Å². The molecule has 3 aromatic carbocycles. The highest BCUT2D eigenvalue weighted by Gasteiger charge is 2.36. The average molecular weight is 433 g/mol. The predicted molar refractivity (Wildman–Crippen MR) is 120 cm³/mol. The lowest BCUT2D eigenvalue weighted by atomic mass is 10.1. The zero-order valence-corrected chi connectivity index (χ0v) is 17.6. The molecular weight excluding hydrogens is 412 g/mol. The van der Waals surface area contributed by atoms with E-state index in [0.29, 0.717) is 17.8 Å². The molecular formula is C23H20N4O3S. The molecule has 0 unspecified atom stereocenters. The van der Waals surface area contributed by atoms with Crippen molar-refractivity contribution in [2.24, 2.45) is 0 Å². The minimum absolute atomic E-state index is 0.0905. The number of fused-ring (bicyclic) bond motifs is 2. The summed E-state index contributed by atoms with van der Waals surface area (Å²) in [4.78, 5) is 12.9. The number of aromatic nitrogens is 2. The first-order valence-corrected chi connectivity index (χ1v) is 11.3. The zero-order valence-electron chi connectivity index (χ0n) is 16.7. The average Bonchev–Trinajstić information content (AvgIpc) is 3.36. The number of hydrogen-bond donors (Lipinski definition) is 2. The number of anilines is 2. The van der Waals surface area contributed by atoms with Crippen LogP contribution in [0.15, 0.2) is 77.8 Å². The third-order valence-electron chi connectivity index (χ3n) is 5.50. The molecule has 0 saturated carbocycles. The number of H-pyrrole nitrogens is 1. The van der Waals surface area contributed by atoms with Gasteiger partial charge in [0.05, 0.1) is 22.3 Å². The molecule has 0 radical (unpaired) electrons. The lowest BCUT2D eigenvalue weighted by Gasteiger charge is -2.24. The topological polar surface area (TPSA) is 95.2 Å². The van der Waals surface area contributed by atoms with E-state index in [-0.39, 0.29) is 22.4 Å². The van der Waals surface area contributed by atoms with Crippen molar-refractivity contribution in [1.29, 1.82) is 0 Å². The smallest absolute Gasteiger partial charge is 0.264 e. The molecule has 2 heterocycles. The minimum atomic E-state index is -3.81. The van der Waals surface area contributed by atoms with E-state index in [1.54, 1.807) is 30.5 Å². The number of carbonyl (C=O) groups excluding carboxylic acids is 1. The first-order valence-electron chi connectivity index (χ1n) is 9.90. The molecule has 1 aliphatic rings. The molecule has 2 N–H and O–H groups in total. The van der Waals surface area contributed by atoms with Crippen LogP contribution in [0, 0.1) is 0 Å². The van der Waals surface area contributed by atoms with Crippen molar-refractivity contribution < 1.29 is 13.2 Å². The van der Waals surface area contributed by atoms with Crippen molar-refractivity contribution in [3.05, 3.63) is 84.1 Å². The zero-order chi connectivity index (χ0) is 21.6. The summed E-state index contributed by atoms with van der Waals surface area (Å²) in [6, 6.07) is 18.9. The van der Waals surface area contributed by atoms with Gasteiger partial charge in [0, 0.05) is 22.7 Å². The summed E-state index contributed by atoms with van der Waals surface area (Å²) < 4.78 is 28.3. The summed E-state index contributed by atoms with van der Waals surface area (Å²) in [6.45, 7) is 1.89. The van der Waals surface area contributed by atoms with Gasteiger partial charge in [0.2, 0.25) is 0 Å². The van der Waals surface area contributed by atoms with Crippen molar-refractivity contribution in [1.82, 2.24) is 10.2 Å². The van der Waals surface area contributed by atoms with Crippen LogP contribution in [0.4, 0.5) is 11.4 Å². The van der Waals surface area contributed by atoms with Crippen LogP contribution < -0.4 is 9.62 Å². The number of rotatable bonds is 4. The van der Waals surface area contributed by atoms with E-state index in [9.17, 15) is 13.2 Å². The molecule has 5 rings (SSSR count). The summed E-state index contributed by atoms with van der Waals surface area (Å²) in [5.74, 6) is -0.384. The van der Waals surface area contributed by atoms with Gasteiger partial charge in [0.15, 0.2) is 0 Å². The number of carbonyl (C=O) groups is 1. The highest BCUT2D eigenvalue weighted by atomic mass is 32.2. The molecule has 0 bridgehead atoms. The Hall–Kier alpha value is -3.65. The van der Waals surface area contributed by atoms with E-state index in [1.807, 2.05) is 37.3 Å². The van der Waals surface area contributed by atoms with E-state index in [0.717, 1.165) is 16.5 Å². The van der Waals surface area contributed by atoms with Crippen molar-refractivity contribution in [2.45, 2.75) is 24.3 Å². The molecule has 31 heavy (non-hydrogen) atoms. The Labute approximate surface area is 179 Å². The highest BCUT2D eigenvalue weighted by Crippen LogP contribution is 2.36. The number of aromatic amines is 1. The molecule has 0 spiro atoms. The van der Waals surface area contributed by atoms with Gasteiger partial charge in [-0.25, -0.2) is 8.42 Å². The van der Waals surface area contributed by atoms with Crippen LogP contribution in [0.1, 0.15) is 22.8 Å². The first kappa shape index (κ1) is 19.3. The fraction of sp³-hybridized carbons (Fsp3) is 0.130. The van der Waals surface area contributed by atoms with Gasteiger partial charge in [0.25, 0.3) is 15.9 Å². The van der Waals surface area contributed by atoms with Crippen LogP contribution in [0.2, 0.25) is 0 Å². The maximum absolute atomic E-state index is 13.4. The van der Waals surface area contributed by atoms with Crippen molar-refractivity contribution in [2.75, 3.05) is 9.62 Å². The van der Waals surface area contributed by atoms with Crippen LogP contribution in [0.25, 0.3) is 10.9 Å². The second-order valence-electron chi connectivity index (χ2n) is 7.64. The summed E-state index contributed by atoms with van der Waals surface area (Å²) >= 11 is 0. The van der Waals surface area contributed by atoms with Crippen LogP contribution in [-0.4, -0.2) is 30.6 Å². The van der Waals surface area contributed by atoms with E-state index in [4.69, 9.17) is 0 Å². The van der Waals surface area contributed by atoms with Crippen LogP contribution >= 0.6 is 0 Å². The Morgan fingerprint density at radius 3 is 2.81 bits per heavy atom. The molecule has 1 atom stereocenters. The first-order chi connectivity index (χ1) is 14.9. The lowest BCUT2D eigenvalue weighted by molar-refractivity contribution is 0.102. The molecule has 8 heteroatoms. The number of benzene rings is 3.